The quantitative estimate of drug-likeness (QED) is 0.820. The van der Waals surface area contributed by atoms with Crippen LogP contribution in [0.15, 0.2) is 28.2 Å². The van der Waals surface area contributed by atoms with Crippen LogP contribution in [0.3, 0.4) is 0 Å². The molecule has 2 rings (SSSR count). The Labute approximate surface area is 109 Å². The molecule has 0 aliphatic heterocycles. The third-order valence-corrected chi connectivity index (χ3v) is 3.00. The van der Waals surface area contributed by atoms with Crippen LogP contribution in [0.5, 0.6) is 0 Å². The molecule has 0 saturated heterocycles. The second-order valence-corrected chi connectivity index (χ2v) is 4.40. The van der Waals surface area contributed by atoms with E-state index < -0.39 is 23.3 Å². The van der Waals surface area contributed by atoms with E-state index in [9.17, 15) is 18.4 Å². The average Bonchev–Trinajstić information content (AvgIpc) is 2.66. The number of aliphatic carboxylic acids is 1. The van der Waals surface area contributed by atoms with Crippen LogP contribution in [0.4, 0.5) is 8.78 Å². The number of carbonyl (C=O) groups is 1. The number of benzene rings is 1. The number of nitrogens with one attached hydrogen (secondary N) is 1. The highest BCUT2D eigenvalue weighted by atomic mass is 32.2. The average molecular weight is 287 g/mol. The van der Waals surface area contributed by atoms with Crippen molar-refractivity contribution in [2.24, 2.45) is 0 Å². The van der Waals surface area contributed by atoms with Crippen molar-refractivity contribution in [3.8, 4) is 5.69 Å². The van der Waals surface area contributed by atoms with E-state index >= 15 is 0 Å². The second-order valence-electron chi connectivity index (χ2n) is 3.46. The number of aromatic nitrogens is 3. The Morgan fingerprint density at radius 3 is 2.58 bits per heavy atom. The zero-order chi connectivity index (χ0) is 14.0. The molecule has 1 aromatic carbocycles. The third kappa shape index (κ3) is 2.99. The minimum Gasteiger partial charge on any atom is -0.481 e. The molecule has 2 N–H and O–H groups in total. The van der Waals surface area contributed by atoms with Crippen molar-refractivity contribution in [2.45, 2.75) is 5.16 Å². The fourth-order valence-electron chi connectivity index (χ4n) is 1.40. The van der Waals surface area contributed by atoms with Gasteiger partial charge in [-0.15, -0.1) is 5.10 Å². The summed E-state index contributed by atoms with van der Waals surface area (Å²) in [5.41, 5.74) is -0.776. The van der Waals surface area contributed by atoms with Gasteiger partial charge in [-0.25, -0.2) is 23.2 Å². The van der Waals surface area contributed by atoms with Gasteiger partial charge in [0.25, 0.3) is 0 Å². The smallest absolute Gasteiger partial charge is 0.348 e. The van der Waals surface area contributed by atoms with E-state index in [-0.39, 0.29) is 16.6 Å². The minimum atomic E-state index is -1.10. The Morgan fingerprint density at radius 1 is 1.37 bits per heavy atom. The third-order valence-electron chi connectivity index (χ3n) is 2.07. The van der Waals surface area contributed by atoms with Gasteiger partial charge in [0.05, 0.1) is 11.4 Å². The van der Waals surface area contributed by atoms with Gasteiger partial charge in [-0.05, 0) is 12.1 Å². The molecule has 0 atom stereocenters. The summed E-state index contributed by atoms with van der Waals surface area (Å²) in [5.74, 6) is -3.13. The van der Waals surface area contributed by atoms with Crippen molar-refractivity contribution >= 4 is 17.7 Å². The summed E-state index contributed by atoms with van der Waals surface area (Å²) in [5, 5.41) is 14.3. The summed E-state index contributed by atoms with van der Waals surface area (Å²) in [6.45, 7) is 0. The first-order valence-corrected chi connectivity index (χ1v) is 5.94. The minimum absolute atomic E-state index is 0.0115. The summed E-state index contributed by atoms with van der Waals surface area (Å²) < 4.78 is 27.1. The normalized spacial score (nSPS) is 10.6. The summed E-state index contributed by atoms with van der Waals surface area (Å²) in [6.07, 6.45) is 0. The number of carboxylic acid groups (broad SMARTS) is 1. The number of hydrogen-bond acceptors (Lipinski definition) is 4. The Balaban J connectivity index is 2.46. The van der Waals surface area contributed by atoms with Gasteiger partial charge in [-0.2, -0.15) is 0 Å². The van der Waals surface area contributed by atoms with Crippen LogP contribution in [0.2, 0.25) is 0 Å². The second kappa shape index (κ2) is 5.22. The SMILES string of the molecule is O=C(O)CSc1n[nH]c(=O)n1-c1cc(F)cc(F)c1. The number of rotatable bonds is 4. The van der Waals surface area contributed by atoms with Gasteiger partial charge in [0.2, 0.25) is 0 Å². The van der Waals surface area contributed by atoms with Crippen molar-refractivity contribution in [3.63, 3.8) is 0 Å². The molecule has 0 fully saturated rings. The van der Waals surface area contributed by atoms with Crippen LogP contribution >= 0.6 is 11.8 Å². The van der Waals surface area contributed by atoms with Gasteiger partial charge in [0.15, 0.2) is 5.16 Å². The Hall–Kier alpha value is -2.16. The number of aromatic amines is 1. The zero-order valence-corrected chi connectivity index (χ0v) is 10.1. The van der Waals surface area contributed by atoms with Gasteiger partial charge < -0.3 is 5.11 Å². The fourth-order valence-corrected chi connectivity index (χ4v) is 2.08. The Kier molecular flexibility index (Phi) is 3.65. The lowest BCUT2D eigenvalue weighted by Crippen LogP contribution is -2.16. The van der Waals surface area contributed by atoms with Gasteiger partial charge in [0.1, 0.15) is 11.6 Å². The van der Waals surface area contributed by atoms with Crippen molar-refractivity contribution in [1.82, 2.24) is 14.8 Å². The number of halogens is 2. The monoisotopic (exact) mass is 287 g/mol. The van der Waals surface area contributed by atoms with Gasteiger partial charge in [-0.1, -0.05) is 11.8 Å². The molecule has 19 heavy (non-hydrogen) atoms. The van der Waals surface area contributed by atoms with E-state index in [1.54, 1.807) is 0 Å². The summed E-state index contributed by atoms with van der Waals surface area (Å²) in [7, 11) is 0. The van der Waals surface area contributed by atoms with E-state index in [1.165, 1.54) is 0 Å². The highest BCUT2D eigenvalue weighted by Crippen LogP contribution is 2.18. The number of hydrogen-bond donors (Lipinski definition) is 2. The maximum absolute atomic E-state index is 13.1. The van der Waals surface area contributed by atoms with Crippen molar-refractivity contribution in [1.29, 1.82) is 0 Å². The zero-order valence-electron chi connectivity index (χ0n) is 9.26. The number of H-pyrrole nitrogens is 1. The highest BCUT2D eigenvalue weighted by Gasteiger charge is 2.14. The van der Waals surface area contributed by atoms with E-state index in [2.05, 4.69) is 10.2 Å². The molecule has 0 radical (unpaired) electrons. The molecule has 100 valence electrons. The number of carboxylic acids is 1. The van der Waals surface area contributed by atoms with E-state index in [0.29, 0.717) is 6.07 Å². The molecule has 9 heteroatoms. The first kappa shape index (κ1) is 13.3. The lowest BCUT2D eigenvalue weighted by Gasteiger charge is -2.04. The highest BCUT2D eigenvalue weighted by molar-refractivity contribution is 7.99. The summed E-state index contributed by atoms with van der Waals surface area (Å²) in [6, 6.07) is 2.56. The number of nitrogens with zero attached hydrogens (tertiary/aromatic N) is 2. The maximum atomic E-state index is 13.1. The lowest BCUT2D eigenvalue weighted by molar-refractivity contribution is -0.133. The molecule has 0 unspecified atom stereocenters. The molecule has 1 heterocycles. The summed E-state index contributed by atoms with van der Waals surface area (Å²) in [4.78, 5) is 22.0. The Morgan fingerprint density at radius 2 is 2.00 bits per heavy atom. The molecule has 6 nitrogen and oxygen atoms in total. The molecule has 0 aliphatic rings. The fraction of sp³-hybridized carbons (Fsp3) is 0.100. The molecule has 0 spiro atoms. The van der Waals surface area contributed by atoms with Crippen molar-refractivity contribution < 1.29 is 18.7 Å². The van der Waals surface area contributed by atoms with Crippen molar-refractivity contribution in [2.75, 3.05) is 5.75 Å². The van der Waals surface area contributed by atoms with E-state index in [4.69, 9.17) is 5.11 Å². The molecule has 0 saturated carbocycles. The van der Waals surface area contributed by atoms with Crippen LogP contribution in [0.1, 0.15) is 0 Å². The van der Waals surface area contributed by atoms with E-state index in [0.717, 1.165) is 28.5 Å². The van der Waals surface area contributed by atoms with Crippen LogP contribution in [0.25, 0.3) is 5.69 Å². The molecule has 0 aliphatic carbocycles. The van der Waals surface area contributed by atoms with Crippen LogP contribution in [0, 0.1) is 11.6 Å². The molecule has 0 bridgehead atoms. The van der Waals surface area contributed by atoms with E-state index in [1.807, 2.05) is 0 Å². The maximum Gasteiger partial charge on any atom is 0.348 e. The van der Waals surface area contributed by atoms with Gasteiger partial charge in [0, 0.05) is 6.07 Å². The van der Waals surface area contributed by atoms with Crippen LogP contribution < -0.4 is 5.69 Å². The largest absolute Gasteiger partial charge is 0.481 e. The van der Waals surface area contributed by atoms with Gasteiger partial charge in [-0.3, -0.25) is 4.79 Å². The molecular formula is C10H7F2N3O3S. The molecule has 1 aromatic heterocycles. The van der Waals surface area contributed by atoms with Crippen molar-refractivity contribution in [3.05, 3.63) is 40.3 Å². The standard InChI is InChI=1S/C10H7F2N3O3S/c11-5-1-6(12)3-7(2-5)15-9(18)13-14-10(15)19-4-8(16)17/h1-3H,4H2,(H,13,18)(H,16,17). The van der Waals surface area contributed by atoms with Gasteiger partial charge >= 0.3 is 11.7 Å². The first-order chi connectivity index (χ1) is 8.97. The molecular weight excluding hydrogens is 280 g/mol. The van der Waals surface area contributed by atoms with Crippen LogP contribution in [-0.4, -0.2) is 31.6 Å². The first-order valence-electron chi connectivity index (χ1n) is 4.96. The lowest BCUT2D eigenvalue weighted by atomic mass is 10.3. The predicted octanol–water partition coefficient (Wildman–Crippen LogP) is 1.02. The molecule has 0 amide bonds. The Bertz CT molecular complexity index is 663. The topological polar surface area (TPSA) is 88.0 Å². The number of thioether (sulfide) groups is 1. The predicted molar refractivity (Wildman–Crippen MR) is 62.5 cm³/mol. The molecule has 2 aromatic rings. The summed E-state index contributed by atoms with van der Waals surface area (Å²) >= 11 is 0.759. The van der Waals surface area contributed by atoms with Crippen LogP contribution in [-0.2, 0) is 4.79 Å².